The molecule has 0 spiro atoms. The number of imidazole rings is 1. The number of fused-ring (bicyclic) bond motifs is 1. The number of hydrogen-bond acceptors (Lipinski definition) is 4. The molecule has 0 radical (unpaired) electrons. The van der Waals surface area contributed by atoms with Gasteiger partial charge in [0.25, 0.3) is 5.91 Å². The summed E-state index contributed by atoms with van der Waals surface area (Å²) < 4.78 is 2.24. The van der Waals surface area contributed by atoms with Gasteiger partial charge in [0.15, 0.2) is 0 Å². The Hall–Kier alpha value is -2.21. The summed E-state index contributed by atoms with van der Waals surface area (Å²) >= 11 is 1.47. The van der Waals surface area contributed by atoms with Crippen LogP contribution in [0.4, 0.5) is 0 Å². The molecule has 0 unspecified atom stereocenters. The second-order valence-electron chi connectivity index (χ2n) is 6.10. The van der Waals surface area contributed by atoms with Crippen molar-refractivity contribution in [2.75, 3.05) is 6.54 Å². The van der Waals surface area contributed by atoms with Crippen LogP contribution in [0, 0.1) is 6.92 Å². The highest BCUT2D eigenvalue weighted by Gasteiger charge is 2.34. The monoisotopic (exact) mass is 340 g/mol. The van der Waals surface area contributed by atoms with Crippen LogP contribution in [0.1, 0.15) is 46.3 Å². The fourth-order valence-electron chi connectivity index (χ4n) is 3.56. The molecule has 1 aliphatic heterocycles. The van der Waals surface area contributed by atoms with E-state index in [2.05, 4.69) is 22.5 Å². The van der Waals surface area contributed by atoms with Crippen LogP contribution in [0.5, 0.6) is 0 Å². The minimum atomic E-state index is 0.0484. The zero-order valence-corrected chi connectivity index (χ0v) is 14.7. The molecule has 3 aromatic rings. The zero-order valence-electron chi connectivity index (χ0n) is 13.9. The molecule has 0 N–H and O–H groups in total. The number of hydrogen-bond donors (Lipinski definition) is 0. The molecule has 0 bridgehead atoms. The van der Waals surface area contributed by atoms with Crippen molar-refractivity contribution < 1.29 is 4.79 Å². The third kappa shape index (κ3) is 2.41. The van der Waals surface area contributed by atoms with E-state index in [1.807, 2.05) is 30.0 Å². The van der Waals surface area contributed by atoms with Crippen LogP contribution in [0.3, 0.4) is 0 Å². The minimum Gasteiger partial charge on any atom is -0.328 e. The summed E-state index contributed by atoms with van der Waals surface area (Å²) in [6, 6.07) is 8.24. The third-order valence-corrected chi connectivity index (χ3v) is 5.54. The van der Waals surface area contributed by atoms with E-state index in [9.17, 15) is 4.79 Å². The lowest BCUT2D eigenvalue weighted by Crippen LogP contribution is -2.31. The molecule has 4 rings (SSSR count). The molecule has 3 heterocycles. The maximum atomic E-state index is 12.9. The van der Waals surface area contributed by atoms with Gasteiger partial charge in [-0.1, -0.05) is 12.1 Å². The van der Waals surface area contributed by atoms with Crippen LogP contribution >= 0.6 is 11.3 Å². The topological polar surface area (TPSA) is 51.0 Å². The molecule has 6 heteroatoms. The van der Waals surface area contributed by atoms with Gasteiger partial charge in [0.05, 0.1) is 28.3 Å². The van der Waals surface area contributed by atoms with E-state index in [1.54, 1.807) is 6.20 Å². The van der Waals surface area contributed by atoms with E-state index >= 15 is 0 Å². The number of aromatic nitrogens is 3. The Morgan fingerprint density at radius 2 is 2.21 bits per heavy atom. The van der Waals surface area contributed by atoms with Gasteiger partial charge in [0, 0.05) is 13.1 Å². The van der Waals surface area contributed by atoms with Crippen molar-refractivity contribution >= 4 is 28.3 Å². The molecule has 1 amide bonds. The van der Waals surface area contributed by atoms with Gasteiger partial charge in [0.1, 0.15) is 10.7 Å². The fourth-order valence-corrected chi connectivity index (χ4v) is 4.29. The van der Waals surface area contributed by atoms with E-state index < -0.39 is 0 Å². The molecule has 1 saturated heterocycles. The number of thiazole rings is 1. The summed E-state index contributed by atoms with van der Waals surface area (Å²) in [5, 5.41) is 0.926. The van der Waals surface area contributed by atoms with E-state index in [1.165, 1.54) is 11.3 Å². The molecule has 24 heavy (non-hydrogen) atoms. The smallest absolute Gasteiger partial charge is 0.266 e. The summed E-state index contributed by atoms with van der Waals surface area (Å²) in [4.78, 5) is 24.7. The summed E-state index contributed by atoms with van der Waals surface area (Å²) in [6.07, 6.45) is 3.68. The Morgan fingerprint density at radius 1 is 1.38 bits per heavy atom. The highest BCUT2D eigenvalue weighted by molar-refractivity contribution is 7.13. The molecule has 0 saturated carbocycles. The summed E-state index contributed by atoms with van der Waals surface area (Å²) in [5.74, 6) is 1.09. The Morgan fingerprint density at radius 3 is 2.96 bits per heavy atom. The summed E-state index contributed by atoms with van der Waals surface area (Å²) in [6.45, 7) is 5.70. The van der Waals surface area contributed by atoms with Crippen LogP contribution in [-0.4, -0.2) is 31.9 Å². The predicted octanol–water partition coefficient (Wildman–Crippen LogP) is 3.80. The van der Waals surface area contributed by atoms with Crippen LogP contribution < -0.4 is 0 Å². The number of benzene rings is 1. The van der Waals surface area contributed by atoms with Crippen molar-refractivity contribution in [1.29, 1.82) is 0 Å². The van der Waals surface area contributed by atoms with Gasteiger partial charge in [-0.3, -0.25) is 4.79 Å². The standard InChI is InChI=1S/C18H20N4OS/c1-3-21-14-8-5-4-7-13(14)20-17(21)15-9-6-10-22(15)18(23)16-11-19-12(2)24-16/h4-5,7-8,11,15H,3,6,9-10H2,1-2H3/t15-/m0/s1. The second-order valence-corrected chi connectivity index (χ2v) is 7.34. The van der Waals surface area contributed by atoms with E-state index in [4.69, 9.17) is 4.98 Å². The normalized spacial score (nSPS) is 17.8. The van der Waals surface area contributed by atoms with Crippen molar-refractivity contribution in [3.63, 3.8) is 0 Å². The first kappa shape index (κ1) is 15.3. The van der Waals surface area contributed by atoms with Gasteiger partial charge in [-0.2, -0.15) is 0 Å². The van der Waals surface area contributed by atoms with Gasteiger partial charge >= 0.3 is 0 Å². The Balaban J connectivity index is 1.74. The molecular formula is C18H20N4OS. The first-order valence-electron chi connectivity index (χ1n) is 8.37. The maximum Gasteiger partial charge on any atom is 0.266 e. The average Bonchev–Trinajstić information content (AvgIpc) is 3.31. The molecule has 1 fully saturated rings. The van der Waals surface area contributed by atoms with Crippen LogP contribution in [-0.2, 0) is 6.54 Å². The molecule has 5 nitrogen and oxygen atoms in total. The Labute approximate surface area is 145 Å². The first-order valence-corrected chi connectivity index (χ1v) is 9.19. The number of para-hydroxylation sites is 2. The minimum absolute atomic E-state index is 0.0484. The lowest BCUT2D eigenvalue weighted by atomic mass is 10.2. The van der Waals surface area contributed by atoms with Gasteiger partial charge in [-0.05, 0) is 38.8 Å². The van der Waals surface area contributed by atoms with Crippen molar-refractivity contribution in [2.24, 2.45) is 0 Å². The molecule has 1 aromatic carbocycles. The number of rotatable bonds is 3. The van der Waals surface area contributed by atoms with Gasteiger partial charge in [-0.25, -0.2) is 9.97 Å². The molecular weight excluding hydrogens is 320 g/mol. The summed E-state index contributed by atoms with van der Waals surface area (Å²) in [7, 11) is 0. The third-order valence-electron chi connectivity index (χ3n) is 4.64. The Kier molecular flexibility index (Phi) is 3.84. The average molecular weight is 340 g/mol. The quantitative estimate of drug-likeness (QED) is 0.729. The number of carbonyl (C=O) groups is 1. The van der Waals surface area contributed by atoms with E-state index in [-0.39, 0.29) is 11.9 Å². The molecule has 124 valence electrons. The lowest BCUT2D eigenvalue weighted by molar-refractivity contribution is 0.0732. The van der Waals surface area contributed by atoms with Gasteiger partial charge < -0.3 is 9.47 Å². The van der Waals surface area contributed by atoms with Crippen LogP contribution in [0.25, 0.3) is 11.0 Å². The van der Waals surface area contributed by atoms with Gasteiger partial charge in [0.2, 0.25) is 0 Å². The van der Waals surface area contributed by atoms with E-state index in [0.717, 1.165) is 52.7 Å². The highest BCUT2D eigenvalue weighted by atomic mass is 32.1. The molecule has 2 aromatic heterocycles. The number of aryl methyl sites for hydroxylation is 2. The number of amides is 1. The zero-order chi connectivity index (χ0) is 16.7. The molecule has 0 aliphatic carbocycles. The van der Waals surface area contributed by atoms with Crippen LogP contribution in [0.2, 0.25) is 0 Å². The largest absolute Gasteiger partial charge is 0.328 e. The van der Waals surface area contributed by atoms with Crippen molar-refractivity contribution in [1.82, 2.24) is 19.4 Å². The first-order chi connectivity index (χ1) is 11.7. The maximum absolute atomic E-state index is 12.9. The SMILES string of the molecule is CCn1c([C@@H]2CCCN2C(=O)c2cnc(C)s2)nc2ccccc21. The van der Waals surface area contributed by atoms with Crippen molar-refractivity contribution in [3.8, 4) is 0 Å². The lowest BCUT2D eigenvalue weighted by Gasteiger charge is -2.24. The van der Waals surface area contributed by atoms with Crippen molar-refractivity contribution in [3.05, 3.63) is 46.2 Å². The summed E-state index contributed by atoms with van der Waals surface area (Å²) in [5.41, 5.74) is 2.14. The molecule has 1 atom stereocenters. The predicted molar refractivity (Wildman–Crippen MR) is 95.3 cm³/mol. The van der Waals surface area contributed by atoms with Gasteiger partial charge in [-0.15, -0.1) is 11.3 Å². The molecule has 1 aliphatic rings. The Bertz CT molecular complexity index is 897. The second kappa shape index (κ2) is 6.02. The highest BCUT2D eigenvalue weighted by Crippen LogP contribution is 2.35. The van der Waals surface area contributed by atoms with E-state index in [0.29, 0.717) is 0 Å². The van der Waals surface area contributed by atoms with Crippen molar-refractivity contribution in [2.45, 2.75) is 39.3 Å². The number of likely N-dealkylation sites (tertiary alicyclic amines) is 1. The van der Waals surface area contributed by atoms with Crippen LogP contribution in [0.15, 0.2) is 30.5 Å². The number of carbonyl (C=O) groups excluding carboxylic acids is 1. The number of nitrogens with zero attached hydrogens (tertiary/aromatic N) is 4. The fraction of sp³-hybridized carbons (Fsp3) is 0.389.